The van der Waals surface area contributed by atoms with Crippen molar-refractivity contribution in [2.75, 3.05) is 0 Å². The molecule has 1 atom stereocenters. The molecule has 0 radical (unpaired) electrons. The Bertz CT molecular complexity index is 280. The summed E-state index contributed by atoms with van der Waals surface area (Å²) in [7, 11) is 0. The Morgan fingerprint density at radius 3 is 2.27 bits per heavy atom. The van der Waals surface area contributed by atoms with Gasteiger partial charge in [0.15, 0.2) is 0 Å². The van der Waals surface area contributed by atoms with E-state index in [2.05, 4.69) is 0 Å². The van der Waals surface area contributed by atoms with E-state index in [1.165, 1.54) is 0 Å². The van der Waals surface area contributed by atoms with E-state index in [1.807, 2.05) is 0 Å². The van der Waals surface area contributed by atoms with Crippen LogP contribution >= 0.6 is 0 Å². The van der Waals surface area contributed by atoms with Crippen molar-refractivity contribution in [1.29, 1.82) is 0 Å². The minimum atomic E-state index is -2.54. The predicted molar refractivity (Wildman–Crippen MR) is 50.8 cm³/mol. The summed E-state index contributed by atoms with van der Waals surface area (Å²) in [6.45, 7) is 1.79. The summed E-state index contributed by atoms with van der Waals surface area (Å²) in [4.78, 5) is 10.7. The van der Waals surface area contributed by atoms with Crippen molar-refractivity contribution >= 4 is 5.97 Å². The molecule has 15 heavy (non-hydrogen) atoms. The Kier molecular flexibility index (Phi) is 2.28. The van der Waals surface area contributed by atoms with Gasteiger partial charge in [-0.3, -0.25) is 4.79 Å². The second-order valence-electron chi connectivity index (χ2n) is 4.85. The summed E-state index contributed by atoms with van der Waals surface area (Å²) >= 11 is 0. The highest BCUT2D eigenvalue weighted by molar-refractivity contribution is 5.70. The van der Waals surface area contributed by atoms with Gasteiger partial charge in [0.25, 0.3) is 5.92 Å². The van der Waals surface area contributed by atoms with Gasteiger partial charge >= 0.3 is 5.97 Å². The van der Waals surface area contributed by atoms with E-state index in [1.54, 1.807) is 6.92 Å². The summed E-state index contributed by atoms with van der Waals surface area (Å²) in [5.41, 5.74) is -0.840. The molecule has 2 aliphatic rings. The minimum Gasteiger partial charge on any atom is -0.481 e. The van der Waals surface area contributed by atoms with Crippen molar-refractivity contribution in [3.05, 3.63) is 0 Å². The van der Waals surface area contributed by atoms with E-state index in [-0.39, 0.29) is 0 Å². The molecule has 0 aromatic rings. The van der Waals surface area contributed by atoms with Crippen LogP contribution in [-0.2, 0) is 4.79 Å². The van der Waals surface area contributed by atoms with Crippen LogP contribution in [0, 0.1) is 17.3 Å². The van der Waals surface area contributed by atoms with Crippen LogP contribution < -0.4 is 0 Å². The van der Waals surface area contributed by atoms with Gasteiger partial charge < -0.3 is 5.11 Å². The smallest absolute Gasteiger partial charge is 0.306 e. The fourth-order valence-electron chi connectivity index (χ4n) is 3.30. The van der Waals surface area contributed by atoms with E-state index in [9.17, 15) is 13.6 Å². The molecule has 86 valence electrons. The average Bonchev–Trinajstić information content (AvgIpc) is 2.62. The van der Waals surface area contributed by atoms with E-state index >= 15 is 0 Å². The molecule has 4 heteroatoms. The second-order valence-corrected chi connectivity index (χ2v) is 4.85. The number of hydrogen-bond donors (Lipinski definition) is 1. The largest absolute Gasteiger partial charge is 0.481 e. The van der Waals surface area contributed by atoms with Gasteiger partial charge in [0.05, 0.1) is 5.92 Å². The molecular weight excluding hydrogens is 202 g/mol. The van der Waals surface area contributed by atoms with Gasteiger partial charge in [0.1, 0.15) is 0 Å². The summed E-state index contributed by atoms with van der Waals surface area (Å²) in [5, 5.41) is 8.79. The molecule has 1 N–H and O–H groups in total. The highest BCUT2D eigenvalue weighted by Crippen LogP contribution is 2.73. The monoisotopic (exact) mass is 218 g/mol. The predicted octanol–water partition coefficient (Wildman–Crippen LogP) is 2.92. The van der Waals surface area contributed by atoms with Crippen LogP contribution in [-0.4, -0.2) is 17.0 Å². The lowest BCUT2D eigenvalue weighted by molar-refractivity contribution is -0.143. The Hall–Kier alpha value is -0.670. The van der Waals surface area contributed by atoms with Gasteiger partial charge in [-0.05, 0) is 32.1 Å². The number of carboxylic acids is 1. The van der Waals surface area contributed by atoms with Gasteiger partial charge in [-0.2, -0.15) is 0 Å². The number of alkyl halides is 2. The van der Waals surface area contributed by atoms with Crippen molar-refractivity contribution in [3.8, 4) is 0 Å². The van der Waals surface area contributed by atoms with E-state index in [0.717, 1.165) is 0 Å². The first-order valence-electron chi connectivity index (χ1n) is 5.56. The molecule has 0 aromatic carbocycles. The third-order valence-corrected chi connectivity index (χ3v) is 4.32. The molecule has 0 heterocycles. The van der Waals surface area contributed by atoms with Gasteiger partial charge in [-0.15, -0.1) is 0 Å². The van der Waals surface area contributed by atoms with E-state index in [0.29, 0.717) is 32.1 Å². The topological polar surface area (TPSA) is 37.3 Å². The number of halogens is 2. The lowest BCUT2D eigenvalue weighted by Gasteiger charge is -2.26. The van der Waals surface area contributed by atoms with Crippen molar-refractivity contribution in [2.45, 2.75) is 45.0 Å². The van der Waals surface area contributed by atoms with E-state index < -0.39 is 29.1 Å². The first-order chi connectivity index (χ1) is 6.95. The van der Waals surface area contributed by atoms with Crippen LogP contribution in [0.3, 0.4) is 0 Å². The van der Waals surface area contributed by atoms with Crippen LogP contribution in [0.1, 0.15) is 39.0 Å². The zero-order chi connectivity index (χ0) is 11.3. The molecule has 0 saturated heterocycles. The third kappa shape index (κ3) is 1.30. The number of rotatable bonds is 2. The Labute approximate surface area is 87.7 Å². The van der Waals surface area contributed by atoms with Crippen LogP contribution in [0.25, 0.3) is 0 Å². The first-order valence-corrected chi connectivity index (χ1v) is 5.56. The number of carbonyl (C=O) groups is 1. The first kappa shape index (κ1) is 10.8. The normalized spacial score (nSPS) is 42.9. The molecule has 0 bridgehead atoms. The molecule has 2 nitrogen and oxygen atoms in total. The minimum absolute atomic E-state index is 0.384. The van der Waals surface area contributed by atoms with Crippen LogP contribution in [0.4, 0.5) is 8.78 Å². The SMILES string of the molecule is CCC1C(F)(F)C12CCC(C(=O)O)CC2. The number of carboxylic acid groups (broad SMARTS) is 1. The standard InChI is InChI=1S/C11H16F2O2/c1-2-8-10(11(8,12)13)5-3-7(4-6-10)9(14)15/h7-8H,2-6H2,1H3,(H,14,15). The highest BCUT2D eigenvalue weighted by Gasteiger charge is 2.78. The maximum Gasteiger partial charge on any atom is 0.306 e. The van der Waals surface area contributed by atoms with Crippen LogP contribution in [0.5, 0.6) is 0 Å². The maximum atomic E-state index is 13.5. The summed E-state index contributed by atoms with van der Waals surface area (Å²) < 4.78 is 27.0. The second kappa shape index (κ2) is 3.16. The molecular formula is C11H16F2O2. The fraction of sp³-hybridized carbons (Fsp3) is 0.909. The Morgan fingerprint density at radius 1 is 1.40 bits per heavy atom. The van der Waals surface area contributed by atoms with Gasteiger partial charge in [-0.25, -0.2) is 8.78 Å². The lowest BCUT2D eigenvalue weighted by Crippen LogP contribution is -2.25. The molecule has 2 fully saturated rings. The quantitative estimate of drug-likeness (QED) is 0.773. The zero-order valence-corrected chi connectivity index (χ0v) is 8.80. The molecule has 0 aliphatic heterocycles. The van der Waals surface area contributed by atoms with Crippen molar-refractivity contribution < 1.29 is 18.7 Å². The Morgan fingerprint density at radius 2 is 1.93 bits per heavy atom. The van der Waals surface area contributed by atoms with Gasteiger partial charge in [0.2, 0.25) is 0 Å². The Balaban J connectivity index is 2.03. The van der Waals surface area contributed by atoms with Crippen LogP contribution in [0.2, 0.25) is 0 Å². The summed E-state index contributed by atoms with van der Waals surface area (Å²) in [6, 6.07) is 0. The van der Waals surface area contributed by atoms with Gasteiger partial charge in [-0.1, -0.05) is 6.92 Å². The van der Waals surface area contributed by atoms with Gasteiger partial charge in [0, 0.05) is 11.3 Å². The molecule has 1 spiro atoms. The number of hydrogen-bond acceptors (Lipinski definition) is 1. The molecule has 2 rings (SSSR count). The molecule has 0 amide bonds. The van der Waals surface area contributed by atoms with Crippen molar-refractivity contribution in [2.24, 2.45) is 17.3 Å². The van der Waals surface area contributed by atoms with Crippen LogP contribution in [0.15, 0.2) is 0 Å². The highest BCUT2D eigenvalue weighted by atomic mass is 19.3. The number of aliphatic carboxylic acids is 1. The summed E-state index contributed by atoms with van der Waals surface area (Å²) in [5.74, 6) is -4.27. The molecule has 1 unspecified atom stereocenters. The maximum absolute atomic E-state index is 13.5. The molecule has 2 aliphatic carbocycles. The molecule has 0 aromatic heterocycles. The average molecular weight is 218 g/mol. The third-order valence-electron chi connectivity index (χ3n) is 4.32. The lowest BCUT2D eigenvalue weighted by atomic mass is 9.78. The summed E-state index contributed by atoms with van der Waals surface area (Å²) in [6.07, 6.45) is 2.11. The van der Waals surface area contributed by atoms with Crippen molar-refractivity contribution in [1.82, 2.24) is 0 Å². The van der Waals surface area contributed by atoms with Crippen molar-refractivity contribution in [3.63, 3.8) is 0 Å². The van der Waals surface area contributed by atoms with E-state index in [4.69, 9.17) is 5.11 Å². The molecule has 2 saturated carbocycles. The zero-order valence-electron chi connectivity index (χ0n) is 8.80. The fourth-order valence-corrected chi connectivity index (χ4v) is 3.30.